The molecular weight excluding hydrogens is 418 g/mol. The molecule has 2 aromatic rings. The number of hydrogen-bond donors (Lipinski definition) is 1. The van der Waals surface area contributed by atoms with Gasteiger partial charge in [-0.15, -0.1) is 0 Å². The van der Waals surface area contributed by atoms with Crippen LogP contribution >= 0.6 is 15.9 Å². The van der Waals surface area contributed by atoms with Crippen molar-refractivity contribution in [3.8, 4) is 0 Å². The van der Waals surface area contributed by atoms with E-state index in [4.69, 9.17) is 0 Å². The molecule has 1 amide bonds. The molecule has 2 saturated heterocycles. The third-order valence-electron chi connectivity index (χ3n) is 6.04. The molecule has 0 radical (unpaired) electrons. The van der Waals surface area contributed by atoms with Crippen molar-refractivity contribution < 1.29 is 9.90 Å². The van der Waals surface area contributed by atoms with Gasteiger partial charge in [0.05, 0.1) is 13.0 Å². The van der Waals surface area contributed by atoms with E-state index in [2.05, 4.69) is 50.1 Å². The van der Waals surface area contributed by atoms with E-state index in [-0.39, 0.29) is 30.5 Å². The Morgan fingerprint density at radius 3 is 2.64 bits per heavy atom. The van der Waals surface area contributed by atoms with Crippen LogP contribution in [-0.4, -0.2) is 64.1 Å². The Morgan fingerprint density at radius 2 is 1.93 bits per heavy atom. The Balaban J connectivity index is 1.52. The number of halogens is 1. The summed E-state index contributed by atoms with van der Waals surface area (Å²) in [5.41, 5.74) is 2.05. The van der Waals surface area contributed by atoms with Gasteiger partial charge < -0.3 is 10.0 Å². The number of carbonyl (C=O) groups is 1. The summed E-state index contributed by atoms with van der Waals surface area (Å²) in [7, 11) is 0. The van der Waals surface area contributed by atoms with E-state index >= 15 is 0 Å². The van der Waals surface area contributed by atoms with Crippen molar-refractivity contribution in [1.82, 2.24) is 14.8 Å². The standard InChI is InChI=1S/C22H26BrN3O2/c23-17-8-6-16(7-9-17)22-19-14-25(11-3-4-12-26(19)20(22)15-27)21(28)13-18-5-1-2-10-24-18/h1-2,5-10,19-20,22,27H,3-4,11-15H2/t19-,20+,22-/m1/s1. The van der Waals surface area contributed by atoms with Gasteiger partial charge >= 0.3 is 0 Å². The summed E-state index contributed by atoms with van der Waals surface area (Å²) in [6, 6.07) is 14.5. The molecular formula is C22H26BrN3O2. The Bertz CT molecular complexity index is 799. The summed E-state index contributed by atoms with van der Waals surface area (Å²) in [6.45, 7) is 2.65. The first kappa shape index (κ1) is 19.6. The molecule has 1 aromatic carbocycles. The van der Waals surface area contributed by atoms with E-state index in [1.54, 1.807) is 6.20 Å². The van der Waals surface area contributed by atoms with Crippen molar-refractivity contribution >= 4 is 21.8 Å². The lowest BCUT2D eigenvalue weighted by molar-refractivity contribution is -0.135. The predicted molar refractivity (Wildman–Crippen MR) is 112 cm³/mol. The smallest absolute Gasteiger partial charge is 0.228 e. The highest BCUT2D eigenvalue weighted by Crippen LogP contribution is 2.42. The van der Waals surface area contributed by atoms with E-state index in [9.17, 15) is 9.90 Å². The molecule has 1 N–H and O–H groups in total. The third-order valence-corrected chi connectivity index (χ3v) is 6.56. The Kier molecular flexibility index (Phi) is 6.09. The minimum atomic E-state index is 0.136. The van der Waals surface area contributed by atoms with E-state index in [1.807, 2.05) is 23.1 Å². The Morgan fingerprint density at radius 1 is 1.14 bits per heavy atom. The van der Waals surface area contributed by atoms with E-state index in [1.165, 1.54) is 5.56 Å². The van der Waals surface area contributed by atoms with Crippen LogP contribution < -0.4 is 0 Å². The second-order valence-electron chi connectivity index (χ2n) is 7.68. The lowest BCUT2D eigenvalue weighted by Gasteiger charge is -2.57. The number of carbonyl (C=O) groups excluding carboxylic acids is 1. The molecule has 5 nitrogen and oxygen atoms in total. The first-order chi connectivity index (χ1) is 13.7. The van der Waals surface area contributed by atoms with Crippen LogP contribution in [0.25, 0.3) is 0 Å². The number of nitrogens with zero attached hydrogens (tertiary/aromatic N) is 3. The topological polar surface area (TPSA) is 56.7 Å². The van der Waals surface area contributed by atoms with Crippen LogP contribution in [0.3, 0.4) is 0 Å². The minimum Gasteiger partial charge on any atom is -0.395 e. The highest BCUT2D eigenvalue weighted by Gasteiger charge is 2.49. The summed E-state index contributed by atoms with van der Waals surface area (Å²) in [4.78, 5) is 21.7. The third kappa shape index (κ3) is 4.00. The van der Waals surface area contributed by atoms with Gasteiger partial charge in [-0.05, 0) is 49.2 Å². The fraction of sp³-hybridized carbons (Fsp3) is 0.455. The number of benzene rings is 1. The van der Waals surface area contributed by atoms with Gasteiger partial charge in [0, 0.05) is 47.5 Å². The molecule has 0 saturated carbocycles. The van der Waals surface area contributed by atoms with Crippen LogP contribution in [0.4, 0.5) is 0 Å². The number of pyridine rings is 1. The summed E-state index contributed by atoms with van der Waals surface area (Å²) < 4.78 is 1.05. The quantitative estimate of drug-likeness (QED) is 0.788. The fourth-order valence-electron chi connectivity index (χ4n) is 4.62. The van der Waals surface area contributed by atoms with Gasteiger partial charge in [0.15, 0.2) is 0 Å². The molecule has 0 unspecified atom stereocenters. The molecule has 4 rings (SSSR count). The normalized spacial score (nSPS) is 25.4. The van der Waals surface area contributed by atoms with Crippen molar-refractivity contribution in [2.45, 2.75) is 37.3 Å². The van der Waals surface area contributed by atoms with E-state index in [0.29, 0.717) is 13.0 Å². The maximum absolute atomic E-state index is 13.0. The van der Waals surface area contributed by atoms with Crippen molar-refractivity contribution in [1.29, 1.82) is 0 Å². The molecule has 3 heterocycles. The molecule has 148 valence electrons. The SMILES string of the molecule is O=C(Cc1ccccn1)N1CCCCN2[C@H](C1)[C@@H](c1ccc(Br)cc1)[C@@H]2CO. The highest BCUT2D eigenvalue weighted by molar-refractivity contribution is 9.10. The first-order valence-corrected chi connectivity index (χ1v) is 10.8. The number of aliphatic hydroxyl groups is 1. The van der Waals surface area contributed by atoms with Crippen molar-refractivity contribution in [3.05, 3.63) is 64.4 Å². The summed E-state index contributed by atoms with van der Waals surface area (Å²) in [6.07, 6.45) is 4.13. The van der Waals surface area contributed by atoms with E-state index in [0.717, 1.165) is 36.1 Å². The molecule has 2 fully saturated rings. The van der Waals surface area contributed by atoms with E-state index < -0.39 is 0 Å². The van der Waals surface area contributed by atoms with Crippen LogP contribution in [0.1, 0.15) is 30.0 Å². The Hall–Kier alpha value is -1.76. The predicted octanol–water partition coefficient (Wildman–Crippen LogP) is 2.84. The molecule has 6 heteroatoms. The van der Waals surface area contributed by atoms with Gasteiger partial charge in [0.1, 0.15) is 0 Å². The molecule has 1 aromatic heterocycles. The number of rotatable bonds is 4. The van der Waals surface area contributed by atoms with Gasteiger partial charge in [-0.25, -0.2) is 0 Å². The van der Waals surface area contributed by atoms with Crippen LogP contribution in [0.15, 0.2) is 53.1 Å². The fourth-order valence-corrected chi connectivity index (χ4v) is 4.89. The van der Waals surface area contributed by atoms with Gasteiger partial charge in [0.25, 0.3) is 0 Å². The van der Waals surface area contributed by atoms with Gasteiger partial charge in [-0.3, -0.25) is 14.7 Å². The zero-order chi connectivity index (χ0) is 19.5. The lowest BCUT2D eigenvalue weighted by Crippen LogP contribution is -2.68. The van der Waals surface area contributed by atoms with Gasteiger partial charge in [-0.1, -0.05) is 34.1 Å². The second-order valence-corrected chi connectivity index (χ2v) is 8.59. The van der Waals surface area contributed by atoms with Gasteiger partial charge in [0.2, 0.25) is 5.91 Å². The van der Waals surface area contributed by atoms with Gasteiger partial charge in [-0.2, -0.15) is 0 Å². The minimum absolute atomic E-state index is 0.136. The Labute approximate surface area is 174 Å². The van der Waals surface area contributed by atoms with Crippen LogP contribution in [-0.2, 0) is 11.2 Å². The molecule has 2 aliphatic heterocycles. The number of hydrogen-bond acceptors (Lipinski definition) is 4. The molecule has 0 spiro atoms. The monoisotopic (exact) mass is 443 g/mol. The zero-order valence-corrected chi connectivity index (χ0v) is 17.5. The first-order valence-electron chi connectivity index (χ1n) is 9.97. The molecule has 2 aliphatic rings. The van der Waals surface area contributed by atoms with Crippen LogP contribution in [0.5, 0.6) is 0 Å². The van der Waals surface area contributed by atoms with Crippen LogP contribution in [0, 0.1) is 0 Å². The number of aromatic nitrogens is 1. The number of amides is 1. The molecule has 0 bridgehead atoms. The summed E-state index contributed by atoms with van der Waals surface area (Å²) >= 11 is 3.50. The maximum atomic E-state index is 13.0. The molecule has 3 atom stereocenters. The largest absolute Gasteiger partial charge is 0.395 e. The lowest BCUT2D eigenvalue weighted by atomic mass is 9.74. The average Bonchev–Trinajstić information content (AvgIpc) is 2.69. The summed E-state index contributed by atoms with van der Waals surface area (Å²) in [5, 5.41) is 10.0. The molecule has 28 heavy (non-hydrogen) atoms. The number of fused-ring (bicyclic) bond motifs is 1. The zero-order valence-electron chi connectivity index (χ0n) is 15.9. The van der Waals surface area contributed by atoms with Crippen molar-refractivity contribution in [2.24, 2.45) is 0 Å². The average molecular weight is 444 g/mol. The highest BCUT2D eigenvalue weighted by atomic mass is 79.9. The second kappa shape index (κ2) is 8.72. The summed E-state index contributed by atoms with van der Waals surface area (Å²) in [5.74, 6) is 0.393. The van der Waals surface area contributed by atoms with Crippen molar-refractivity contribution in [2.75, 3.05) is 26.2 Å². The number of aliphatic hydroxyl groups excluding tert-OH is 1. The van der Waals surface area contributed by atoms with Crippen molar-refractivity contribution in [3.63, 3.8) is 0 Å². The molecule has 0 aliphatic carbocycles. The maximum Gasteiger partial charge on any atom is 0.228 e. The van der Waals surface area contributed by atoms with Crippen LogP contribution in [0.2, 0.25) is 0 Å².